The van der Waals surface area contributed by atoms with Crippen molar-refractivity contribution in [2.45, 2.75) is 44.2 Å². The van der Waals surface area contributed by atoms with Gasteiger partial charge >= 0.3 is 0 Å². The van der Waals surface area contributed by atoms with Crippen molar-refractivity contribution in [1.29, 1.82) is 5.26 Å². The fourth-order valence-corrected chi connectivity index (χ4v) is 3.03. The Balaban J connectivity index is 2.22. The minimum absolute atomic E-state index is 0.240. The number of nitriles is 1. The first kappa shape index (κ1) is 16.5. The van der Waals surface area contributed by atoms with Crippen molar-refractivity contribution >= 4 is 5.91 Å². The predicted octanol–water partition coefficient (Wildman–Crippen LogP) is 1.30. The molecule has 1 aromatic rings. The number of likely N-dealkylation sites (tertiary alicyclic amines) is 1. The van der Waals surface area contributed by atoms with E-state index in [0.29, 0.717) is 13.0 Å². The molecule has 22 heavy (non-hydrogen) atoms. The standard InChI is InChI=1S/C17H23N3O2/c1-16(2,11-18)14-7-4-3-6-13(14)10-20-9-5-8-17(22,12-20)15(19)21/h3-4,6-7,22H,5,8-10,12H2,1-2H3,(H2,19,21)/t17-/m1/s1. The van der Waals surface area contributed by atoms with Crippen molar-refractivity contribution < 1.29 is 9.90 Å². The van der Waals surface area contributed by atoms with Gasteiger partial charge < -0.3 is 10.8 Å². The Bertz CT molecular complexity index is 606. The predicted molar refractivity (Wildman–Crippen MR) is 83.7 cm³/mol. The third-order valence-corrected chi connectivity index (χ3v) is 4.37. The number of aliphatic hydroxyl groups is 1. The Morgan fingerprint density at radius 3 is 2.82 bits per heavy atom. The second kappa shape index (κ2) is 6.07. The average molecular weight is 301 g/mol. The molecular formula is C17H23N3O2. The summed E-state index contributed by atoms with van der Waals surface area (Å²) >= 11 is 0. The monoisotopic (exact) mass is 301 g/mol. The van der Waals surface area contributed by atoms with Crippen LogP contribution in [0, 0.1) is 11.3 Å². The quantitative estimate of drug-likeness (QED) is 0.877. The van der Waals surface area contributed by atoms with Crippen LogP contribution in [0.2, 0.25) is 0 Å². The van der Waals surface area contributed by atoms with Gasteiger partial charge in [0.1, 0.15) is 0 Å². The van der Waals surface area contributed by atoms with E-state index >= 15 is 0 Å². The first-order valence-electron chi connectivity index (χ1n) is 7.53. The maximum atomic E-state index is 11.4. The van der Waals surface area contributed by atoms with Crippen LogP contribution in [0.5, 0.6) is 0 Å². The molecule has 1 aromatic carbocycles. The van der Waals surface area contributed by atoms with E-state index in [1.165, 1.54) is 0 Å². The van der Waals surface area contributed by atoms with E-state index in [2.05, 4.69) is 6.07 Å². The van der Waals surface area contributed by atoms with E-state index in [1.54, 1.807) is 0 Å². The highest BCUT2D eigenvalue weighted by molar-refractivity contribution is 5.83. The first-order valence-corrected chi connectivity index (χ1v) is 7.53. The molecule has 1 saturated heterocycles. The van der Waals surface area contributed by atoms with Crippen LogP contribution in [0.4, 0.5) is 0 Å². The molecule has 0 unspecified atom stereocenters. The molecule has 2 rings (SSSR count). The number of carbonyl (C=O) groups is 1. The van der Waals surface area contributed by atoms with Crippen molar-refractivity contribution in [2.24, 2.45) is 5.73 Å². The van der Waals surface area contributed by atoms with E-state index < -0.39 is 16.9 Å². The highest BCUT2D eigenvalue weighted by atomic mass is 16.3. The van der Waals surface area contributed by atoms with Gasteiger partial charge in [-0.15, -0.1) is 0 Å². The second-order valence-electron chi connectivity index (χ2n) is 6.60. The molecule has 0 saturated carbocycles. The van der Waals surface area contributed by atoms with Gasteiger partial charge in [0.25, 0.3) is 5.91 Å². The average Bonchev–Trinajstić information content (AvgIpc) is 2.47. The van der Waals surface area contributed by atoms with Gasteiger partial charge in [-0.2, -0.15) is 5.26 Å². The largest absolute Gasteiger partial charge is 0.379 e. The van der Waals surface area contributed by atoms with Crippen LogP contribution in [-0.2, 0) is 16.8 Å². The number of β-amino-alcohol motifs (C(OH)–C–C–N with tert-alkyl or cyclic N) is 1. The number of rotatable bonds is 4. The van der Waals surface area contributed by atoms with E-state index in [0.717, 1.165) is 24.1 Å². The van der Waals surface area contributed by atoms with Crippen molar-refractivity contribution in [2.75, 3.05) is 13.1 Å². The van der Waals surface area contributed by atoms with Gasteiger partial charge in [-0.25, -0.2) is 0 Å². The maximum absolute atomic E-state index is 11.4. The summed E-state index contributed by atoms with van der Waals surface area (Å²) in [5.74, 6) is -0.664. The highest BCUT2D eigenvalue weighted by Crippen LogP contribution is 2.28. The fraction of sp³-hybridized carbons (Fsp3) is 0.529. The van der Waals surface area contributed by atoms with Gasteiger partial charge in [0.15, 0.2) is 5.60 Å². The van der Waals surface area contributed by atoms with Crippen molar-refractivity contribution in [1.82, 2.24) is 4.90 Å². The smallest absolute Gasteiger partial charge is 0.250 e. The molecule has 0 aromatic heterocycles. The zero-order valence-electron chi connectivity index (χ0n) is 13.2. The molecule has 1 aliphatic heterocycles. The highest BCUT2D eigenvalue weighted by Gasteiger charge is 2.38. The third-order valence-electron chi connectivity index (χ3n) is 4.37. The summed E-state index contributed by atoms with van der Waals surface area (Å²) in [6.45, 7) is 5.42. The lowest BCUT2D eigenvalue weighted by atomic mass is 9.82. The summed E-state index contributed by atoms with van der Waals surface area (Å²) in [5.41, 5.74) is 5.32. The molecule has 1 heterocycles. The zero-order valence-corrected chi connectivity index (χ0v) is 13.2. The van der Waals surface area contributed by atoms with Gasteiger partial charge in [-0.1, -0.05) is 24.3 Å². The lowest BCUT2D eigenvalue weighted by Gasteiger charge is -2.37. The normalized spacial score (nSPS) is 23.0. The number of hydrogen-bond acceptors (Lipinski definition) is 4. The number of nitrogens with zero attached hydrogens (tertiary/aromatic N) is 2. The number of piperidine rings is 1. The molecule has 118 valence electrons. The SMILES string of the molecule is CC(C)(C#N)c1ccccc1CN1CCC[C@](O)(C(N)=O)C1. The molecule has 1 aliphatic rings. The van der Waals surface area contributed by atoms with Crippen molar-refractivity contribution in [3.05, 3.63) is 35.4 Å². The molecule has 1 fully saturated rings. The van der Waals surface area contributed by atoms with Crippen LogP contribution in [0.3, 0.4) is 0 Å². The Morgan fingerprint density at radius 2 is 2.18 bits per heavy atom. The Labute approximate surface area is 131 Å². The van der Waals surface area contributed by atoms with Gasteiger partial charge in [-0.05, 0) is 44.4 Å². The number of nitrogens with two attached hydrogens (primary N) is 1. The van der Waals surface area contributed by atoms with Gasteiger partial charge in [0.2, 0.25) is 0 Å². The molecule has 0 aliphatic carbocycles. The van der Waals surface area contributed by atoms with Crippen LogP contribution in [0.1, 0.15) is 37.8 Å². The minimum Gasteiger partial charge on any atom is -0.379 e. The second-order valence-corrected chi connectivity index (χ2v) is 6.60. The number of benzene rings is 1. The van der Waals surface area contributed by atoms with Gasteiger partial charge in [-0.3, -0.25) is 9.69 Å². The number of primary amides is 1. The van der Waals surface area contributed by atoms with E-state index in [-0.39, 0.29) is 6.54 Å². The molecular weight excluding hydrogens is 278 g/mol. The maximum Gasteiger partial charge on any atom is 0.250 e. The molecule has 3 N–H and O–H groups in total. The Hall–Kier alpha value is -1.90. The lowest BCUT2D eigenvalue weighted by molar-refractivity contribution is -0.142. The molecule has 0 radical (unpaired) electrons. The number of amides is 1. The number of carbonyl (C=O) groups excluding carboxylic acids is 1. The van der Waals surface area contributed by atoms with Crippen LogP contribution >= 0.6 is 0 Å². The third kappa shape index (κ3) is 3.29. The fourth-order valence-electron chi connectivity index (χ4n) is 3.03. The van der Waals surface area contributed by atoms with Crippen LogP contribution in [-0.4, -0.2) is 34.6 Å². The lowest BCUT2D eigenvalue weighted by Crippen LogP contribution is -2.55. The van der Waals surface area contributed by atoms with E-state index in [4.69, 9.17) is 5.73 Å². The van der Waals surface area contributed by atoms with Crippen LogP contribution in [0.15, 0.2) is 24.3 Å². The van der Waals surface area contributed by atoms with Crippen LogP contribution in [0.25, 0.3) is 0 Å². The molecule has 1 atom stereocenters. The topological polar surface area (TPSA) is 90.3 Å². The van der Waals surface area contributed by atoms with Crippen molar-refractivity contribution in [3.8, 4) is 6.07 Å². The first-order chi connectivity index (χ1) is 10.3. The zero-order chi connectivity index (χ0) is 16.4. The van der Waals surface area contributed by atoms with Crippen LogP contribution < -0.4 is 5.73 Å². The summed E-state index contributed by atoms with van der Waals surface area (Å²) < 4.78 is 0. The number of hydrogen-bond donors (Lipinski definition) is 2. The summed E-state index contributed by atoms with van der Waals surface area (Å²) in [6, 6.07) is 10.1. The molecule has 0 bridgehead atoms. The van der Waals surface area contributed by atoms with E-state index in [1.807, 2.05) is 43.0 Å². The minimum atomic E-state index is -1.45. The molecule has 5 heteroatoms. The molecule has 5 nitrogen and oxygen atoms in total. The Kier molecular flexibility index (Phi) is 4.55. The Morgan fingerprint density at radius 1 is 1.50 bits per heavy atom. The summed E-state index contributed by atoms with van der Waals surface area (Å²) in [7, 11) is 0. The summed E-state index contributed by atoms with van der Waals surface area (Å²) in [4.78, 5) is 13.5. The summed E-state index contributed by atoms with van der Waals surface area (Å²) in [5, 5.41) is 19.7. The van der Waals surface area contributed by atoms with Crippen molar-refractivity contribution in [3.63, 3.8) is 0 Å². The van der Waals surface area contributed by atoms with Gasteiger partial charge in [0, 0.05) is 13.1 Å². The molecule has 0 spiro atoms. The van der Waals surface area contributed by atoms with E-state index in [9.17, 15) is 15.2 Å². The van der Waals surface area contributed by atoms with Gasteiger partial charge in [0.05, 0.1) is 11.5 Å². The summed E-state index contributed by atoms with van der Waals surface area (Å²) in [6.07, 6.45) is 1.13. The molecule has 1 amide bonds.